The zero-order valence-corrected chi connectivity index (χ0v) is 15.4. The molecule has 0 saturated carbocycles. The second-order valence-corrected chi connectivity index (χ2v) is 6.37. The van der Waals surface area contributed by atoms with Crippen molar-refractivity contribution in [3.63, 3.8) is 0 Å². The zero-order valence-electron chi connectivity index (χ0n) is 13.1. The van der Waals surface area contributed by atoms with E-state index in [2.05, 4.69) is 22.5 Å². The molecule has 7 nitrogen and oxygen atoms in total. The first kappa shape index (κ1) is 19.2. The molecule has 1 aliphatic rings. The van der Waals surface area contributed by atoms with E-state index < -0.39 is 18.0 Å². The van der Waals surface area contributed by atoms with Crippen LogP contribution in [0.3, 0.4) is 0 Å². The van der Waals surface area contributed by atoms with Gasteiger partial charge in [0.15, 0.2) is 0 Å². The summed E-state index contributed by atoms with van der Waals surface area (Å²) in [5.41, 5.74) is 5.87. The maximum atomic E-state index is 12.2. The average molecular weight is 406 g/mol. The van der Waals surface area contributed by atoms with E-state index in [0.717, 1.165) is 0 Å². The molecular formula is C15H15Cl3N4O3. The fraction of sp³-hybridized carbons (Fsp3) is 0.200. The summed E-state index contributed by atoms with van der Waals surface area (Å²) in [6.07, 6.45) is 0. The summed E-state index contributed by atoms with van der Waals surface area (Å²) in [6, 6.07) is 2.12. The number of nitrogens with one attached hydrogen (secondary N) is 3. The molecule has 3 amide bonds. The topological polar surface area (TPSA) is 105 Å². The molecule has 10 heteroatoms. The predicted molar refractivity (Wildman–Crippen MR) is 96.6 cm³/mol. The first-order chi connectivity index (χ1) is 11.7. The molecule has 0 radical (unpaired) electrons. The van der Waals surface area contributed by atoms with Crippen LogP contribution < -0.4 is 26.4 Å². The largest absolute Gasteiger partial charge is 0.490 e. The van der Waals surface area contributed by atoms with Gasteiger partial charge in [0.05, 0.1) is 27.5 Å². The van der Waals surface area contributed by atoms with Crippen LogP contribution >= 0.6 is 34.8 Å². The Labute approximate surface area is 159 Å². The number of urea groups is 1. The van der Waals surface area contributed by atoms with Crippen molar-refractivity contribution >= 4 is 46.7 Å². The summed E-state index contributed by atoms with van der Waals surface area (Å²) in [4.78, 5) is 23.6. The zero-order chi connectivity index (χ0) is 18.7. The summed E-state index contributed by atoms with van der Waals surface area (Å²) in [5, 5.41) is 8.02. The minimum Gasteiger partial charge on any atom is -0.490 e. The number of ether oxygens (including phenoxy) is 1. The van der Waals surface area contributed by atoms with Crippen LogP contribution in [0.5, 0.6) is 5.75 Å². The summed E-state index contributed by atoms with van der Waals surface area (Å²) in [6.45, 7) is 5.37. The van der Waals surface area contributed by atoms with Crippen LogP contribution in [0.1, 0.15) is 6.92 Å². The summed E-state index contributed by atoms with van der Waals surface area (Å²) in [5.74, 6) is -0.232. The van der Waals surface area contributed by atoms with Crippen molar-refractivity contribution in [1.82, 2.24) is 16.0 Å². The summed E-state index contributed by atoms with van der Waals surface area (Å²) >= 11 is 17.8. The number of halogens is 3. The van der Waals surface area contributed by atoms with Crippen LogP contribution in [0.15, 0.2) is 35.8 Å². The lowest BCUT2D eigenvalue weighted by Gasteiger charge is -2.22. The van der Waals surface area contributed by atoms with Crippen molar-refractivity contribution in [1.29, 1.82) is 0 Å². The first-order valence-electron chi connectivity index (χ1n) is 7.05. The molecule has 0 saturated heterocycles. The minimum absolute atomic E-state index is 0.0535. The Hall–Kier alpha value is -2.09. The third kappa shape index (κ3) is 4.50. The Bertz CT molecular complexity index is 780. The molecule has 0 aliphatic carbocycles. The fourth-order valence-corrected chi connectivity index (χ4v) is 2.50. The number of rotatable bonds is 5. The molecule has 1 heterocycles. The Morgan fingerprint density at radius 2 is 2.00 bits per heavy atom. The number of benzene rings is 1. The highest BCUT2D eigenvalue weighted by molar-refractivity contribution is 6.48. The number of carbonyl (C=O) groups excluding carboxylic acids is 2. The molecule has 0 spiro atoms. The molecule has 0 unspecified atom stereocenters. The highest BCUT2D eigenvalue weighted by Gasteiger charge is 2.24. The number of hydrogen-bond donors (Lipinski definition) is 4. The van der Waals surface area contributed by atoms with E-state index in [1.165, 1.54) is 0 Å². The van der Waals surface area contributed by atoms with E-state index in [4.69, 9.17) is 45.3 Å². The van der Waals surface area contributed by atoms with Gasteiger partial charge in [-0.05, 0) is 19.1 Å². The van der Waals surface area contributed by atoms with Gasteiger partial charge in [-0.15, -0.1) is 0 Å². The number of nitrogens with two attached hydrogens (primary N) is 1. The highest BCUT2D eigenvalue weighted by atomic mass is 35.5. The lowest BCUT2D eigenvalue weighted by Crippen LogP contribution is -2.49. The maximum Gasteiger partial charge on any atom is 0.323 e. The van der Waals surface area contributed by atoms with Crippen LogP contribution in [-0.2, 0) is 4.79 Å². The Kier molecular flexibility index (Phi) is 6.05. The molecule has 1 atom stereocenters. The van der Waals surface area contributed by atoms with Crippen molar-refractivity contribution in [2.24, 2.45) is 5.73 Å². The Morgan fingerprint density at radius 1 is 1.32 bits per heavy atom. The van der Waals surface area contributed by atoms with Gasteiger partial charge in [0.1, 0.15) is 23.1 Å². The molecule has 2 rings (SSSR count). The van der Waals surface area contributed by atoms with Gasteiger partial charge in [-0.2, -0.15) is 0 Å². The van der Waals surface area contributed by atoms with Crippen molar-refractivity contribution in [3.8, 4) is 5.75 Å². The Morgan fingerprint density at radius 3 is 2.68 bits per heavy atom. The van der Waals surface area contributed by atoms with E-state index in [1.807, 2.05) is 0 Å². The van der Waals surface area contributed by atoms with Crippen LogP contribution in [0.4, 0.5) is 4.79 Å². The van der Waals surface area contributed by atoms with Gasteiger partial charge < -0.3 is 26.4 Å². The van der Waals surface area contributed by atoms with Gasteiger partial charge in [0, 0.05) is 0 Å². The molecule has 5 N–H and O–H groups in total. The Balaban J connectivity index is 1.99. The van der Waals surface area contributed by atoms with Crippen molar-refractivity contribution in [2.75, 3.05) is 6.61 Å². The van der Waals surface area contributed by atoms with Crippen molar-refractivity contribution in [3.05, 3.63) is 50.9 Å². The third-order valence-corrected chi connectivity index (χ3v) is 4.47. The second kappa shape index (κ2) is 7.86. The van der Waals surface area contributed by atoms with Gasteiger partial charge in [-0.1, -0.05) is 41.4 Å². The van der Waals surface area contributed by atoms with E-state index in [9.17, 15) is 9.59 Å². The van der Waals surface area contributed by atoms with E-state index >= 15 is 0 Å². The van der Waals surface area contributed by atoms with Gasteiger partial charge in [0.25, 0.3) is 5.91 Å². The third-order valence-electron chi connectivity index (χ3n) is 3.19. The van der Waals surface area contributed by atoms with Crippen molar-refractivity contribution < 1.29 is 14.3 Å². The SMILES string of the molecule is C=C1NC(=O)NC(C(=O)N[C@H](C)COc2ccc(Cl)c(Cl)c2Cl)=C1N. The molecule has 1 aromatic carbocycles. The van der Waals surface area contributed by atoms with Crippen LogP contribution in [0.2, 0.25) is 15.1 Å². The molecule has 0 bridgehead atoms. The van der Waals surface area contributed by atoms with Crippen molar-refractivity contribution in [2.45, 2.75) is 13.0 Å². The molecule has 1 aliphatic heterocycles. The van der Waals surface area contributed by atoms with Gasteiger partial charge in [-0.25, -0.2) is 4.79 Å². The lowest BCUT2D eigenvalue weighted by atomic mass is 10.2. The van der Waals surface area contributed by atoms with Crippen LogP contribution in [-0.4, -0.2) is 24.6 Å². The number of hydrogen-bond acceptors (Lipinski definition) is 4. The minimum atomic E-state index is -0.587. The molecule has 0 fully saturated rings. The smallest absolute Gasteiger partial charge is 0.323 e. The molecule has 134 valence electrons. The van der Waals surface area contributed by atoms with Crippen LogP contribution in [0, 0.1) is 0 Å². The standard InChI is InChI=1S/C15H15Cl3N4O3/c1-6(5-25-9-4-3-8(16)10(17)11(9)18)20-14(23)13-12(19)7(2)21-15(24)22-13/h3-4,6H,2,5,19H2,1H3,(H,20,23)(H2,21,22,24)/t6-/m1/s1. The van der Waals surface area contributed by atoms with Gasteiger partial charge in [0.2, 0.25) is 0 Å². The maximum absolute atomic E-state index is 12.2. The molecular weight excluding hydrogens is 391 g/mol. The van der Waals surface area contributed by atoms with Crippen LogP contribution in [0.25, 0.3) is 0 Å². The average Bonchev–Trinajstić information content (AvgIpc) is 2.55. The first-order valence-corrected chi connectivity index (χ1v) is 8.18. The number of carbonyl (C=O) groups is 2. The van der Waals surface area contributed by atoms with E-state index in [0.29, 0.717) is 10.8 Å². The summed E-state index contributed by atoms with van der Waals surface area (Å²) < 4.78 is 5.54. The second-order valence-electron chi connectivity index (χ2n) is 5.21. The van der Waals surface area contributed by atoms with E-state index in [-0.39, 0.29) is 33.7 Å². The quantitative estimate of drug-likeness (QED) is 0.565. The monoisotopic (exact) mass is 404 g/mol. The van der Waals surface area contributed by atoms with E-state index in [1.54, 1.807) is 19.1 Å². The normalized spacial score (nSPS) is 15.4. The predicted octanol–water partition coefficient (Wildman–Crippen LogP) is 2.53. The molecule has 0 aromatic heterocycles. The van der Waals surface area contributed by atoms with Gasteiger partial charge in [-0.3, -0.25) is 4.79 Å². The lowest BCUT2D eigenvalue weighted by molar-refractivity contribution is -0.118. The fourth-order valence-electron chi connectivity index (χ4n) is 1.92. The summed E-state index contributed by atoms with van der Waals surface area (Å²) in [7, 11) is 0. The molecule has 25 heavy (non-hydrogen) atoms. The number of amides is 3. The highest BCUT2D eigenvalue weighted by Crippen LogP contribution is 2.37. The molecule has 1 aromatic rings. The van der Waals surface area contributed by atoms with Gasteiger partial charge >= 0.3 is 6.03 Å².